The molecule has 3 aromatic carbocycles. The van der Waals surface area contributed by atoms with E-state index in [0.717, 1.165) is 28.9 Å². The van der Waals surface area contributed by atoms with Crippen molar-refractivity contribution in [2.75, 3.05) is 17.2 Å². The van der Waals surface area contributed by atoms with Crippen LogP contribution >= 0.6 is 0 Å². The first-order valence-corrected chi connectivity index (χ1v) is 13.5. The van der Waals surface area contributed by atoms with Gasteiger partial charge in [-0.25, -0.2) is 0 Å². The predicted octanol–water partition coefficient (Wildman–Crippen LogP) is 4.92. The SMILES string of the molecule is Cc1ccc(NC(=O)c2ccc(NC(=O)CN3C(=O)C4C5CC(c6ccccc6)C(C5)C4C3=O)cc2)cc1C. The highest BCUT2D eigenvalue weighted by atomic mass is 16.2. The smallest absolute Gasteiger partial charge is 0.255 e. The molecule has 4 amide bonds. The second-order valence-corrected chi connectivity index (χ2v) is 11.1. The van der Waals surface area contributed by atoms with E-state index in [9.17, 15) is 19.2 Å². The number of rotatable bonds is 6. The molecule has 7 nitrogen and oxygen atoms in total. The second kappa shape index (κ2) is 9.80. The summed E-state index contributed by atoms with van der Waals surface area (Å²) in [6, 6.07) is 22.5. The summed E-state index contributed by atoms with van der Waals surface area (Å²) in [6.07, 6.45) is 1.81. The van der Waals surface area contributed by atoms with E-state index in [1.165, 1.54) is 5.56 Å². The molecule has 3 aliphatic rings. The number of aryl methyl sites for hydroxylation is 2. The van der Waals surface area contributed by atoms with Gasteiger partial charge in [0.15, 0.2) is 0 Å². The first-order valence-electron chi connectivity index (χ1n) is 13.5. The molecule has 3 fully saturated rings. The number of carbonyl (C=O) groups is 4. The molecule has 39 heavy (non-hydrogen) atoms. The number of imide groups is 1. The summed E-state index contributed by atoms with van der Waals surface area (Å²) < 4.78 is 0. The predicted molar refractivity (Wildman–Crippen MR) is 148 cm³/mol. The number of anilines is 2. The summed E-state index contributed by atoms with van der Waals surface area (Å²) >= 11 is 0. The van der Waals surface area contributed by atoms with Crippen LogP contribution in [0.15, 0.2) is 72.8 Å². The number of carbonyl (C=O) groups excluding carboxylic acids is 4. The van der Waals surface area contributed by atoms with Crippen molar-refractivity contribution in [3.8, 4) is 0 Å². The summed E-state index contributed by atoms with van der Waals surface area (Å²) in [4.78, 5) is 53.2. The van der Waals surface area contributed by atoms with E-state index >= 15 is 0 Å². The maximum absolute atomic E-state index is 13.3. The highest BCUT2D eigenvalue weighted by molar-refractivity contribution is 6.09. The van der Waals surface area contributed by atoms with Crippen molar-refractivity contribution in [1.29, 1.82) is 0 Å². The monoisotopic (exact) mass is 521 g/mol. The van der Waals surface area contributed by atoms with Gasteiger partial charge in [-0.2, -0.15) is 0 Å². The molecule has 198 valence electrons. The van der Waals surface area contributed by atoms with Crippen LogP contribution in [0.2, 0.25) is 0 Å². The van der Waals surface area contributed by atoms with Crippen molar-refractivity contribution >= 4 is 35.0 Å². The van der Waals surface area contributed by atoms with Crippen LogP contribution in [0.25, 0.3) is 0 Å². The third-order valence-electron chi connectivity index (χ3n) is 8.83. The van der Waals surface area contributed by atoms with Gasteiger partial charge in [-0.05, 0) is 97.5 Å². The van der Waals surface area contributed by atoms with Crippen LogP contribution in [0.5, 0.6) is 0 Å². The molecule has 2 N–H and O–H groups in total. The van der Waals surface area contributed by atoms with Gasteiger partial charge in [0.05, 0.1) is 11.8 Å². The lowest BCUT2D eigenvalue weighted by molar-refractivity contribution is -0.143. The minimum Gasteiger partial charge on any atom is -0.325 e. The van der Waals surface area contributed by atoms with Crippen LogP contribution in [-0.2, 0) is 14.4 Å². The Morgan fingerprint density at radius 3 is 2.21 bits per heavy atom. The number of benzene rings is 3. The van der Waals surface area contributed by atoms with Gasteiger partial charge in [0.1, 0.15) is 6.54 Å². The zero-order chi connectivity index (χ0) is 27.3. The molecule has 5 atom stereocenters. The molecule has 2 bridgehead atoms. The molecule has 5 unspecified atom stereocenters. The molecule has 2 aliphatic carbocycles. The maximum atomic E-state index is 13.3. The van der Waals surface area contributed by atoms with Gasteiger partial charge < -0.3 is 10.6 Å². The van der Waals surface area contributed by atoms with Crippen LogP contribution in [0, 0.1) is 37.5 Å². The normalized spacial score (nSPS) is 25.1. The van der Waals surface area contributed by atoms with E-state index in [1.807, 2.05) is 50.2 Å². The highest BCUT2D eigenvalue weighted by Crippen LogP contribution is 2.61. The number of nitrogens with one attached hydrogen (secondary N) is 2. The van der Waals surface area contributed by atoms with Gasteiger partial charge in [0.25, 0.3) is 5.91 Å². The Bertz CT molecular complexity index is 1470. The maximum Gasteiger partial charge on any atom is 0.255 e. The average Bonchev–Trinajstić information content (AvgIpc) is 3.60. The number of hydrogen-bond acceptors (Lipinski definition) is 4. The molecule has 7 heteroatoms. The fourth-order valence-corrected chi connectivity index (χ4v) is 6.83. The minimum absolute atomic E-state index is 0.148. The molecular formula is C32H31N3O4. The van der Waals surface area contributed by atoms with Crippen molar-refractivity contribution in [1.82, 2.24) is 4.90 Å². The van der Waals surface area contributed by atoms with Crippen LogP contribution in [0.1, 0.15) is 45.8 Å². The Balaban J connectivity index is 1.07. The molecule has 2 saturated carbocycles. The molecule has 1 saturated heterocycles. The highest BCUT2D eigenvalue weighted by Gasteiger charge is 2.63. The molecule has 3 aromatic rings. The first-order chi connectivity index (χ1) is 18.8. The Hall–Kier alpha value is -4.26. The van der Waals surface area contributed by atoms with Crippen LogP contribution in [0.4, 0.5) is 11.4 Å². The summed E-state index contributed by atoms with van der Waals surface area (Å²) in [5.41, 5.74) is 5.13. The topological polar surface area (TPSA) is 95.6 Å². The Labute approximate surface area is 227 Å². The largest absolute Gasteiger partial charge is 0.325 e. The number of fused-ring (bicyclic) bond motifs is 5. The van der Waals surface area contributed by atoms with Crippen molar-refractivity contribution < 1.29 is 19.2 Å². The number of hydrogen-bond donors (Lipinski definition) is 2. The van der Waals surface area contributed by atoms with Crippen LogP contribution in [0.3, 0.4) is 0 Å². The number of amides is 4. The molecule has 0 radical (unpaired) electrons. The van der Waals surface area contributed by atoms with E-state index in [2.05, 4.69) is 22.8 Å². The molecule has 0 aromatic heterocycles. The van der Waals surface area contributed by atoms with E-state index in [4.69, 9.17) is 0 Å². The van der Waals surface area contributed by atoms with E-state index in [1.54, 1.807) is 24.3 Å². The third-order valence-corrected chi connectivity index (χ3v) is 8.83. The van der Waals surface area contributed by atoms with Gasteiger partial charge in [0.2, 0.25) is 17.7 Å². The van der Waals surface area contributed by atoms with E-state index in [0.29, 0.717) is 16.9 Å². The third kappa shape index (κ3) is 4.52. The van der Waals surface area contributed by atoms with Crippen molar-refractivity contribution in [2.24, 2.45) is 23.7 Å². The molecule has 6 rings (SSSR count). The zero-order valence-electron chi connectivity index (χ0n) is 22.0. The molecule has 1 aliphatic heterocycles. The van der Waals surface area contributed by atoms with Crippen molar-refractivity contribution in [2.45, 2.75) is 32.6 Å². The molecule has 0 spiro atoms. The van der Waals surface area contributed by atoms with Crippen molar-refractivity contribution in [3.63, 3.8) is 0 Å². The Morgan fingerprint density at radius 2 is 1.49 bits per heavy atom. The van der Waals surface area contributed by atoms with Gasteiger partial charge in [0, 0.05) is 16.9 Å². The van der Waals surface area contributed by atoms with Gasteiger partial charge in [-0.3, -0.25) is 24.1 Å². The van der Waals surface area contributed by atoms with E-state index in [-0.39, 0.29) is 53.9 Å². The summed E-state index contributed by atoms with van der Waals surface area (Å²) in [7, 11) is 0. The Kier molecular flexibility index (Phi) is 6.29. The van der Waals surface area contributed by atoms with Crippen molar-refractivity contribution in [3.05, 3.63) is 95.1 Å². The summed E-state index contributed by atoms with van der Waals surface area (Å²) in [5, 5.41) is 5.64. The van der Waals surface area contributed by atoms with Crippen LogP contribution in [-0.4, -0.2) is 35.1 Å². The number of likely N-dealkylation sites (tertiary alicyclic amines) is 1. The number of nitrogens with zero attached hydrogens (tertiary/aromatic N) is 1. The second-order valence-electron chi connectivity index (χ2n) is 11.1. The first kappa shape index (κ1) is 25.0. The summed E-state index contributed by atoms with van der Waals surface area (Å²) in [6.45, 7) is 3.71. The minimum atomic E-state index is -0.434. The van der Waals surface area contributed by atoms with Gasteiger partial charge in [-0.15, -0.1) is 0 Å². The fourth-order valence-electron chi connectivity index (χ4n) is 6.83. The Morgan fingerprint density at radius 1 is 0.795 bits per heavy atom. The fraction of sp³-hybridized carbons (Fsp3) is 0.312. The van der Waals surface area contributed by atoms with Gasteiger partial charge in [-0.1, -0.05) is 36.4 Å². The van der Waals surface area contributed by atoms with Gasteiger partial charge >= 0.3 is 0 Å². The summed E-state index contributed by atoms with van der Waals surface area (Å²) in [5.74, 6) is -1.12. The lowest BCUT2D eigenvalue weighted by Gasteiger charge is -2.28. The molecule has 1 heterocycles. The van der Waals surface area contributed by atoms with Crippen LogP contribution < -0.4 is 10.6 Å². The molecular weight excluding hydrogens is 490 g/mol. The zero-order valence-corrected chi connectivity index (χ0v) is 22.0. The standard InChI is InChI=1S/C32H31N3O4/c1-18-8-11-24(14-19(18)2)34-30(37)21-9-12-23(13-10-21)33-27(36)17-35-31(38)28-22-15-25(20-6-4-3-5-7-20)26(16-22)29(28)32(35)39/h3-14,22,25-26,28-29H,15-17H2,1-2H3,(H,33,36)(H,34,37). The average molecular weight is 522 g/mol. The quantitative estimate of drug-likeness (QED) is 0.450. The lowest BCUT2D eigenvalue weighted by atomic mass is 9.73. The van der Waals surface area contributed by atoms with E-state index < -0.39 is 5.91 Å². The lowest BCUT2D eigenvalue weighted by Crippen LogP contribution is -2.39.